The van der Waals surface area contributed by atoms with Gasteiger partial charge in [-0.15, -0.1) is 0 Å². The summed E-state index contributed by atoms with van der Waals surface area (Å²) in [6.07, 6.45) is 0.504. The molecule has 3 N–H and O–H groups in total. The molecule has 0 spiro atoms. The molecule has 0 aliphatic carbocycles. The van der Waals surface area contributed by atoms with Crippen LogP contribution < -0.4 is 0 Å². The summed E-state index contributed by atoms with van der Waals surface area (Å²) in [7, 11) is 6.08. The third-order valence-electron chi connectivity index (χ3n) is 11.1. The average molecular weight is 643 g/mol. The van der Waals surface area contributed by atoms with E-state index in [0.717, 1.165) is 6.42 Å². The first-order chi connectivity index (χ1) is 20.8. The van der Waals surface area contributed by atoms with Crippen molar-refractivity contribution in [2.24, 2.45) is 29.6 Å². The van der Waals surface area contributed by atoms with Gasteiger partial charge in [0, 0.05) is 50.4 Å². The Morgan fingerprint density at radius 3 is 2.24 bits per heavy atom. The average Bonchev–Trinajstić information content (AvgIpc) is 2.94. The van der Waals surface area contributed by atoms with E-state index >= 15 is 0 Å². The van der Waals surface area contributed by atoms with Gasteiger partial charge in [-0.05, 0) is 85.9 Å². The molecule has 2 saturated heterocycles. The number of hydrogen-bond donors (Lipinski definition) is 3. The summed E-state index contributed by atoms with van der Waals surface area (Å²) < 4.78 is 19.1. The van der Waals surface area contributed by atoms with Gasteiger partial charge in [0.2, 0.25) is 0 Å². The second-order valence-corrected chi connectivity index (χ2v) is 15.3. The first-order valence-corrected chi connectivity index (χ1v) is 17.2. The van der Waals surface area contributed by atoms with Crippen molar-refractivity contribution in [3.05, 3.63) is 0 Å². The molecule has 264 valence electrons. The number of carbonyl (C=O) groups is 2. The van der Waals surface area contributed by atoms with E-state index in [1.807, 2.05) is 55.5 Å². The summed E-state index contributed by atoms with van der Waals surface area (Å²) in [4.78, 5) is 30.9. The molecule has 0 amide bonds. The number of hydrogen-bond acceptors (Lipinski definition) is 10. The van der Waals surface area contributed by atoms with E-state index < -0.39 is 47.5 Å². The van der Waals surface area contributed by atoms with Gasteiger partial charge in [-0.1, -0.05) is 34.6 Å². The molecule has 10 nitrogen and oxygen atoms in total. The van der Waals surface area contributed by atoms with Crippen molar-refractivity contribution < 1.29 is 39.1 Å². The van der Waals surface area contributed by atoms with Crippen LogP contribution in [0.4, 0.5) is 0 Å². The lowest BCUT2D eigenvalue weighted by atomic mass is 9.74. The van der Waals surface area contributed by atoms with Crippen LogP contribution in [0.2, 0.25) is 0 Å². The van der Waals surface area contributed by atoms with E-state index in [2.05, 4.69) is 30.8 Å². The number of ketones is 1. The Balaban J connectivity index is 2.54. The van der Waals surface area contributed by atoms with Gasteiger partial charge in [-0.2, -0.15) is 0 Å². The number of esters is 1. The van der Waals surface area contributed by atoms with E-state index in [-0.39, 0.29) is 61.2 Å². The molecule has 10 heteroatoms. The van der Waals surface area contributed by atoms with Crippen molar-refractivity contribution >= 4 is 11.8 Å². The predicted molar refractivity (Wildman–Crippen MR) is 176 cm³/mol. The number of rotatable bonds is 8. The number of ether oxygens (including phenoxy) is 3. The summed E-state index contributed by atoms with van der Waals surface area (Å²) in [5.41, 5.74) is -2.75. The van der Waals surface area contributed by atoms with Crippen molar-refractivity contribution in [3.8, 4) is 0 Å². The van der Waals surface area contributed by atoms with E-state index in [1.54, 1.807) is 6.92 Å². The zero-order valence-electron chi connectivity index (χ0n) is 30.3. The number of Topliss-reactive ketones (excluding diaryl/α,β-unsaturated/α-hetero) is 1. The highest BCUT2D eigenvalue weighted by Gasteiger charge is 2.48. The van der Waals surface area contributed by atoms with Crippen molar-refractivity contribution in [1.29, 1.82) is 0 Å². The summed E-state index contributed by atoms with van der Waals surface area (Å²) in [5, 5.41) is 33.6. The third kappa shape index (κ3) is 10.4. The maximum atomic E-state index is 13.7. The quantitative estimate of drug-likeness (QED) is 0.336. The Hall–Kier alpha value is -1.14. The largest absolute Gasteiger partial charge is 0.459 e. The molecule has 2 aliphatic heterocycles. The maximum absolute atomic E-state index is 13.7. The minimum Gasteiger partial charge on any atom is -0.459 e. The molecular formula is C35H66N2O8. The molecule has 0 aromatic rings. The minimum absolute atomic E-state index is 0.00542. The predicted octanol–water partition coefficient (Wildman–Crippen LogP) is 3.88. The fourth-order valence-corrected chi connectivity index (χ4v) is 7.82. The van der Waals surface area contributed by atoms with Gasteiger partial charge in [-0.3, -0.25) is 9.59 Å². The lowest BCUT2D eigenvalue weighted by Crippen LogP contribution is -2.56. The van der Waals surface area contributed by atoms with E-state index in [1.165, 1.54) is 0 Å². The molecule has 2 heterocycles. The standard InChI is InChI=1S/C35H66N2O8/c1-13-30-35(9,42)29(18-28(39)14-15-38)26(7)37(12)20-21(2)19-34(8,41)32(24(5)23(4)25(6)33(40)44-30)45-31-17-27(36(10)11)16-22(3)43-31/h21-27,29-32,38,41-42H,13-20H2,1-12H3/t21-,22-,23+,24+,25-,26-,27+,29-,30-,31+,32-,34-,35+/m1/s1. The summed E-state index contributed by atoms with van der Waals surface area (Å²) in [5.74, 6) is -2.13. The smallest absolute Gasteiger partial charge is 0.309 e. The highest BCUT2D eigenvalue weighted by Crippen LogP contribution is 2.39. The fraction of sp³-hybridized carbons (Fsp3) is 0.943. The minimum atomic E-state index is -1.50. The monoisotopic (exact) mass is 642 g/mol. The fourth-order valence-electron chi connectivity index (χ4n) is 7.82. The Morgan fingerprint density at radius 2 is 1.69 bits per heavy atom. The third-order valence-corrected chi connectivity index (χ3v) is 11.1. The van der Waals surface area contributed by atoms with Crippen LogP contribution in [0.5, 0.6) is 0 Å². The number of nitrogens with zero attached hydrogens (tertiary/aromatic N) is 2. The van der Waals surface area contributed by atoms with Crippen molar-refractivity contribution in [2.75, 3.05) is 34.3 Å². The van der Waals surface area contributed by atoms with E-state index in [0.29, 0.717) is 25.8 Å². The van der Waals surface area contributed by atoms with Crippen LogP contribution in [0.1, 0.15) is 101 Å². The molecule has 0 unspecified atom stereocenters. The lowest BCUT2D eigenvalue weighted by molar-refractivity contribution is -0.264. The molecule has 0 radical (unpaired) electrons. The van der Waals surface area contributed by atoms with Crippen LogP contribution >= 0.6 is 0 Å². The van der Waals surface area contributed by atoms with Gasteiger partial charge < -0.3 is 39.3 Å². The van der Waals surface area contributed by atoms with E-state index in [4.69, 9.17) is 14.2 Å². The molecule has 0 aromatic carbocycles. The number of carbonyl (C=O) groups excluding carboxylic acids is 2. The van der Waals surface area contributed by atoms with Crippen molar-refractivity contribution in [1.82, 2.24) is 9.80 Å². The van der Waals surface area contributed by atoms with Gasteiger partial charge in [0.15, 0.2) is 6.29 Å². The lowest BCUT2D eigenvalue weighted by Gasteiger charge is -2.45. The molecule has 2 fully saturated rings. The summed E-state index contributed by atoms with van der Waals surface area (Å²) in [6, 6.07) is 0.0213. The molecule has 2 rings (SSSR count). The Bertz CT molecular complexity index is 943. The van der Waals surface area contributed by atoms with Crippen LogP contribution in [0.3, 0.4) is 0 Å². The number of aliphatic hydroxyl groups is 3. The topological polar surface area (TPSA) is 129 Å². The molecule has 0 saturated carbocycles. The molecular weight excluding hydrogens is 576 g/mol. The van der Waals surface area contributed by atoms with Crippen LogP contribution in [-0.4, -0.2) is 119 Å². The Morgan fingerprint density at radius 1 is 1.07 bits per heavy atom. The van der Waals surface area contributed by atoms with Gasteiger partial charge in [0.05, 0.1) is 23.7 Å². The highest BCUT2D eigenvalue weighted by molar-refractivity contribution is 5.79. The van der Waals surface area contributed by atoms with Crippen molar-refractivity contribution in [3.63, 3.8) is 0 Å². The number of cyclic esters (lactones) is 1. The zero-order valence-corrected chi connectivity index (χ0v) is 30.3. The first kappa shape index (κ1) is 40.0. The van der Waals surface area contributed by atoms with Gasteiger partial charge in [0.25, 0.3) is 0 Å². The van der Waals surface area contributed by atoms with Crippen LogP contribution in [0.15, 0.2) is 0 Å². The normalized spacial score (nSPS) is 43.4. The highest BCUT2D eigenvalue weighted by atomic mass is 16.7. The van der Waals surface area contributed by atoms with Crippen LogP contribution in [0.25, 0.3) is 0 Å². The molecule has 13 atom stereocenters. The van der Waals surface area contributed by atoms with E-state index in [9.17, 15) is 24.9 Å². The second kappa shape index (κ2) is 16.8. The van der Waals surface area contributed by atoms with Crippen LogP contribution in [-0.2, 0) is 23.8 Å². The number of aliphatic hydroxyl groups excluding tert-OH is 1. The molecule has 45 heavy (non-hydrogen) atoms. The molecule has 0 bridgehead atoms. The summed E-state index contributed by atoms with van der Waals surface area (Å²) >= 11 is 0. The Kier molecular flexibility index (Phi) is 14.9. The molecule has 2 aliphatic rings. The van der Waals surface area contributed by atoms with Crippen molar-refractivity contribution in [2.45, 2.75) is 149 Å². The molecule has 0 aromatic heterocycles. The van der Waals surface area contributed by atoms with Gasteiger partial charge in [0.1, 0.15) is 17.5 Å². The zero-order chi connectivity index (χ0) is 34.4. The second-order valence-electron chi connectivity index (χ2n) is 15.3. The van der Waals surface area contributed by atoms with Crippen LogP contribution in [0, 0.1) is 29.6 Å². The first-order valence-electron chi connectivity index (χ1n) is 17.2. The Labute approximate surface area is 273 Å². The van der Waals surface area contributed by atoms with Gasteiger partial charge >= 0.3 is 5.97 Å². The maximum Gasteiger partial charge on any atom is 0.309 e. The van der Waals surface area contributed by atoms with Gasteiger partial charge in [-0.25, -0.2) is 0 Å². The summed E-state index contributed by atoms with van der Waals surface area (Å²) in [6.45, 7) is 17.7. The SMILES string of the molecule is CC[C@H]1OC(=O)[C@H](C)[C@@H](C)[C@H](C)[C@@H](O[C@H]2C[C@@H](N(C)C)C[C@@H](C)O2)[C@](C)(O)C[C@@H](C)CN(C)[C@H](C)[C@@H](CC(=O)CCO)[C@]1(C)O.